The van der Waals surface area contributed by atoms with Gasteiger partial charge in [-0.1, -0.05) is 13.8 Å². The van der Waals surface area contributed by atoms with E-state index in [2.05, 4.69) is 52.5 Å². The van der Waals surface area contributed by atoms with Crippen molar-refractivity contribution in [1.29, 1.82) is 0 Å². The third-order valence-electron chi connectivity index (χ3n) is 3.04. The summed E-state index contributed by atoms with van der Waals surface area (Å²) in [5.41, 5.74) is 5.42. The number of nitrogens with zero attached hydrogens (tertiary/aromatic N) is 3. The second-order valence-corrected chi connectivity index (χ2v) is 6.08. The van der Waals surface area contributed by atoms with Crippen LogP contribution in [0, 0.1) is 5.92 Å². The molecule has 0 spiro atoms. The molecular weight excluding hydrogens is 268 g/mol. The van der Waals surface area contributed by atoms with E-state index >= 15 is 0 Å². The highest BCUT2D eigenvalue weighted by atomic mass is 32.1. The molecule has 2 aromatic heterocycles. The molecule has 0 amide bonds. The maximum atomic E-state index is 4.34. The van der Waals surface area contributed by atoms with Crippen LogP contribution in [0.4, 0.5) is 5.69 Å². The lowest BCUT2D eigenvalue weighted by Gasteiger charge is -2.21. The van der Waals surface area contributed by atoms with Gasteiger partial charge in [0.2, 0.25) is 0 Å². The summed E-state index contributed by atoms with van der Waals surface area (Å²) in [6, 6.07) is 2.07. The van der Waals surface area contributed by atoms with Crippen molar-refractivity contribution in [3.05, 3.63) is 40.6 Å². The molecule has 0 bridgehead atoms. The molecule has 0 atom stereocenters. The molecular formula is C15H22N4S. The highest BCUT2D eigenvalue weighted by Gasteiger charge is 2.09. The largest absolute Gasteiger partial charge is 0.368 e. The highest BCUT2D eigenvalue weighted by Crippen LogP contribution is 2.20. The lowest BCUT2D eigenvalue weighted by atomic mass is 10.2. The third-order valence-corrected chi connectivity index (χ3v) is 3.68. The first-order chi connectivity index (χ1) is 9.66. The normalized spacial score (nSPS) is 11.0. The van der Waals surface area contributed by atoms with Crippen molar-refractivity contribution in [2.24, 2.45) is 5.92 Å². The van der Waals surface area contributed by atoms with Crippen LogP contribution in [0.15, 0.2) is 29.4 Å². The average molecular weight is 290 g/mol. The summed E-state index contributed by atoms with van der Waals surface area (Å²) < 4.78 is 0. The molecule has 1 N–H and O–H groups in total. The second kappa shape index (κ2) is 7.36. The summed E-state index contributed by atoms with van der Waals surface area (Å²) in [5.74, 6) is 0.655. The van der Waals surface area contributed by atoms with Crippen molar-refractivity contribution in [2.75, 3.05) is 18.5 Å². The Bertz CT molecular complexity index is 510. The quantitative estimate of drug-likeness (QED) is 0.851. The van der Waals surface area contributed by atoms with Gasteiger partial charge in [0.05, 0.1) is 17.7 Å². The zero-order valence-corrected chi connectivity index (χ0v) is 13.2. The minimum absolute atomic E-state index is 0.655. The molecule has 5 heteroatoms. The Morgan fingerprint density at radius 2 is 2.25 bits per heavy atom. The molecule has 2 rings (SSSR count). The molecule has 108 valence electrons. The summed E-state index contributed by atoms with van der Waals surface area (Å²) in [5, 5.41) is 5.57. The molecule has 0 radical (unpaired) electrons. The van der Waals surface area contributed by atoms with E-state index in [0.717, 1.165) is 25.3 Å². The topological polar surface area (TPSA) is 41.1 Å². The van der Waals surface area contributed by atoms with Crippen molar-refractivity contribution in [3.8, 4) is 0 Å². The number of hydrogen-bond acceptors (Lipinski definition) is 5. The minimum atomic E-state index is 0.655. The SMILES string of the molecule is CC(C)CNCc1cnccc1N(C)Cc1cscn1. The Kier molecular flexibility index (Phi) is 5.49. The van der Waals surface area contributed by atoms with Crippen LogP contribution in [0.3, 0.4) is 0 Å². The van der Waals surface area contributed by atoms with E-state index in [9.17, 15) is 0 Å². The average Bonchev–Trinajstić information content (AvgIpc) is 2.91. The minimum Gasteiger partial charge on any atom is -0.368 e. The third kappa shape index (κ3) is 4.28. The van der Waals surface area contributed by atoms with E-state index in [0.29, 0.717) is 5.92 Å². The first-order valence-corrected chi connectivity index (χ1v) is 7.83. The van der Waals surface area contributed by atoms with E-state index < -0.39 is 0 Å². The van der Waals surface area contributed by atoms with Gasteiger partial charge in [0.15, 0.2) is 0 Å². The molecule has 0 aliphatic rings. The maximum Gasteiger partial charge on any atom is 0.0795 e. The maximum absolute atomic E-state index is 4.34. The van der Waals surface area contributed by atoms with Gasteiger partial charge >= 0.3 is 0 Å². The fraction of sp³-hybridized carbons (Fsp3) is 0.467. The fourth-order valence-corrected chi connectivity index (χ4v) is 2.62. The van der Waals surface area contributed by atoms with Crippen LogP contribution in [0.25, 0.3) is 0 Å². The van der Waals surface area contributed by atoms with Crippen molar-refractivity contribution >= 4 is 17.0 Å². The summed E-state index contributed by atoms with van der Waals surface area (Å²) in [6.07, 6.45) is 3.79. The van der Waals surface area contributed by atoms with Crippen molar-refractivity contribution < 1.29 is 0 Å². The van der Waals surface area contributed by atoms with Crippen LogP contribution in [0.2, 0.25) is 0 Å². The number of anilines is 1. The van der Waals surface area contributed by atoms with Crippen LogP contribution >= 0.6 is 11.3 Å². The Morgan fingerprint density at radius 3 is 2.95 bits per heavy atom. The van der Waals surface area contributed by atoms with Gasteiger partial charge < -0.3 is 10.2 Å². The zero-order chi connectivity index (χ0) is 14.4. The Hall–Kier alpha value is -1.46. The van der Waals surface area contributed by atoms with Crippen LogP contribution < -0.4 is 10.2 Å². The Morgan fingerprint density at radius 1 is 1.40 bits per heavy atom. The molecule has 0 aliphatic carbocycles. The van der Waals surface area contributed by atoms with Crippen molar-refractivity contribution in [3.63, 3.8) is 0 Å². The molecule has 2 heterocycles. The predicted molar refractivity (Wildman–Crippen MR) is 85.0 cm³/mol. The van der Waals surface area contributed by atoms with E-state index in [1.165, 1.54) is 11.3 Å². The Labute approximate surface area is 124 Å². The van der Waals surface area contributed by atoms with Gasteiger partial charge in [-0.15, -0.1) is 11.3 Å². The summed E-state index contributed by atoms with van der Waals surface area (Å²) in [4.78, 5) is 10.8. The van der Waals surface area contributed by atoms with E-state index in [1.54, 1.807) is 11.3 Å². The van der Waals surface area contributed by atoms with Crippen LogP contribution in [0.1, 0.15) is 25.1 Å². The standard InChI is InChI=1S/C15H22N4S/c1-12(2)6-17-8-13-7-16-5-4-15(13)19(3)9-14-10-20-11-18-14/h4-5,7,10-12,17H,6,8-9H2,1-3H3. The molecule has 0 fully saturated rings. The van der Waals surface area contributed by atoms with Gasteiger partial charge in [-0.25, -0.2) is 4.98 Å². The van der Waals surface area contributed by atoms with Gasteiger partial charge in [0.1, 0.15) is 0 Å². The molecule has 4 nitrogen and oxygen atoms in total. The molecule has 0 unspecified atom stereocenters. The summed E-state index contributed by atoms with van der Waals surface area (Å²) in [6.45, 7) is 7.12. The lowest BCUT2D eigenvalue weighted by Crippen LogP contribution is -2.23. The van der Waals surface area contributed by atoms with Crippen LogP contribution in [-0.2, 0) is 13.1 Å². The fourth-order valence-electron chi connectivity index (χ4n) is 2.07. The lowest BCUT2D eigenvalue weighted by molar-refractivity contribution is 0.551. The molecule has 0 aromatic carbocycles. The number of pyridine rings is 1. The molecule has 0 aliphatic heterocycles. The van der Waals surface area contributed by atoms with Gasteiger partial charge in [0, 0.05) is 42.6 Å². The van der Waals surface area contributed by atoms with E-state index in [-0.39, 0.29) is 0 Å². The first-order valence-electron chi connectivity index (χ1n) is 6.88. The number of aromatic nitrogens is 2. The van der Waals surface area contributed by atoms with E-state index in [4.69, 9.17) is 0 Å². The van der Waals surface area contributed by atoms with Gasteiger partial charge in [-0.2, -0.15) is 0 Å². The Balaban J connectivity index is 2.02. The number of nitrogens with one attached hydrogen (secondary N) is 1. The monoisotopic (exact) mass is 290 g/mol. The molecule has 0 saturated heterocycles. The van der Waals surface area contributed by atoms with Crippen molar-refractivity contribution in [2.45, 2.75) is 26.9 Å². The summed E-state index contributed by atoms with van der Waals surface area (Å²) in [7, 11) is 2.10. The smallest absolute Gasteiger partial charge is 0.0795 e. The van der Waals surface area contributed by atoms with Gasteiger partial charge in [-0.3, -0.25) is 4.98 Å². The predicted octanol–water partition coefficient (Wildman–Crippen LogP) is 2.92. The second-order valence-electron chi connectivity index (χ2n) is 5.36. The number of rotatable bonds is 7. The highest BCUT2D eigenvalue weighted by molar-refractivity contribution is 7.07. The van der Waals surface area contributed by atoms with Crippen molar-refractivity contribution in [1.82, 2.24) is 15.3 Å². The number of thiazole rings is 1. The van der Waals surface area contributed by atoms with Gasteiger partial charge in [0.25, 0.3) is 0 Å². The first kappa shape index (κ1) is 14.9. The van der Waals surface area contributed by atoms with Crippen LogP contribution in [0.5, 0.6) is 0 Å². The molecule has 20 heavy (non-hydrogen) atoms. The van der Waals surface area contributed by atoms with Crippen LogP contribution in [-0.4, -0.2) is 23.6 Å². The zero-order valence-electron chi connectivity index (χ0n) is 12.3. The molecule has 2 aromatic rings. The summed E-state index contributed by atoms with van der Waals surface area (Å²) >= 11 is 1.64. The van der Waals surface area contributed by atoms with E-state index in [1.807, 2.05) is 17.9 Å². The molecule has 0 saturated carbocycles. The number of hydrogen-bond donors (Lipinski definition) is 1. The van der Waals surface area contributed by atoms with Gasteiger partial charge in [-0.05, 0) is 18.5 Å².